The highest BCUT2D eigenvalue weighted by atomic mass is 35.5. The van der Waals surface area contributed by atoms with Crippen LogP contribution in [-0.2, 0) is 17.5 Å². The highest BCUT2D eigenvalue weighted by Crippen LogP contribution is 2.41. The number of carbonyl (C=O) groups excluding carboxylic acids is 2. The van der Waals surface area contributed by atoms with Gasteiger partial charge in [0.1, 0.15) is 5.82 Å². The minimum Gasteiger partial charge on any atom is -0.479 e. The normalized spacial score (nSPS) is 19.1. The number of aromatic nitrogens is 3. The minimum atomic E-state index is -5.10. The fraction of sp³-hybridized carbons (Fsp3) is 0.346. The average Bonchev–Trinajstić information content (AvgIpc) is 3.35. The van der Waals surface area contributed by atoms with Crippen LogP contribution in [0.4, 0.5) is 22.0 Å². The molecular weight excluding hydrogens is 598 g/mol. The van der Waals surface area contributed by atoms with Crippen LogP contribution in [0.5, 0.6) is 0 Å². The molecule has 0 bridgehead atoms. The molecule has 0 atom stereocenters. The number of rotatable bonds is 8. The molecule has 1 aliphatic rings. The topological polar surface area (TPSA) is 105 Å². The van der Waals surface area contributed by atoms with Crippen molar-refractivity contribution in [2.45, 2.75) is 50.1 Å². The van der Waals surface area contributed by atoms with Crippen molar-refractivity contribution in [1.82, 2.24) is 19.7 Å². The van der Waals surface area contributed by atoms with Crippen molar-refractivity contribution >= 4 is 40.9 Å². The molecule has 0 unspecified atom stereocenters. The van der Waals surface area contributed by atoms with Gasteiger partial charge in [-0.1, -0.05) is 35.3 Å². The quantitative estimate of drug-likeness (QED) is 0.239. The minimum absolute atomic E-state index is 0.136. The first-order valence-electron chi connectivity index (χ1n) is 12.1. The van der Waals surface area contributed by atoms with E-state index >= 15 is 0 Å². The monoisotopic (exact) mass is 618 g/mol. The van der Waals surface area contributed by atoms with E-state index in [2.05, 4.69) is 10.1 Å². The van der Waals surface area contributed by atoms with E-state index in [1.54, 1.807) is 0 Å². The molecule has 1 N–H and O–H groups in total. The lowest BCUT2D eigenvalue weighted by Crippen LogP contribution is -2.39. The number of aliphatic carboxylic acids is 1. The van der Waals surface area contributed by atoms with Crippen molar-refractivity contribution in [2.24, 2.45) is 0 Å². The van der Waals surface area contributed by atoms with Crippen molar-refractivity contribution in [2.75, 3.05) is 6.54 Å². The van der Waals surface area contributed by atoms with E-state index in [9.17, 15) is 36.3 Å². The fourth-order valence-electron chi connectivity index (χ4n) is 4.71. The number of carboxylic acids is 1. The molecule has 0 radical (unpaired) electrons. The third-order valence-corrected chi connectivity index (χ3v) is 7.38. The largest absolute Gasteiger partial charge is 0.479 e. The maximum atomic E-state index is 14.5. The Bertz CT molecular complexity index is 1450. The van der Waals surface area contributed by atoms with Crippen molar-refractivity contribution in [3.63, 3.8) is 0 Å². The Labute approximate surface area is 239 Å². The Morgan fingerprint density at radius 3 is 2.17 bits per heavy atom. The fourth-order valence-corrected chi connectivity index (χ4v) is 5.28. The molecule has 4 rings (SSSR count). The van der Waals surface area contributed by atoms with Crippen molar-refractivity contribution < 1.29 is 41.4 Å². The SMILES string of the molecule is O=C(CN(Cc1ccc(F)cc1)C(=O)c1cnn([C@H]2CC[C@](F)(C(=O)O)CC2)c1C(F)(F)F)c1c(Cl)cncc1Cl. The lowest BCUT2D eigenvalue weighted by atomic mass is 9.83. The maximum Gasteiger partial charge on any atom is 0.433 e. The summed E-state index contributed by atoms with van der Waals surface area (Å²) in [5.74, 6) is -4.30. The van der Waals surface area contributed by atoms with Crippen LogP contribution in [0.15, 0.2) is 42.9 Å². The van der Waals surface area contributed by atoms with Gasteiger partial charge in [-0.2, -0.15) is 18.3 Å². The summed E-state index contributed by atoms with van der Waals surface area (Å²) in [7, 11) is 0. The average molecular weight is 619 g/mol. The Morgan fingerprint density at radius 1 is 1.05 bits per heavy atom. The zero-order chi connectivity index (χ0) is 30.1. The molecule has 218 valence electrons. The zero-order valence-corrected chi connectivity index (χ0v) is 22.5. The predicted molar refractivity (Wildman–Crippen MR) is 136 cm³/mol. The zero-order valence-electron chi connectivity index (χ0n) is 21.0. The van der Waals surface area contributed by atoms with Crippen LogP contribution in [0, 0.1) is 5.82 Å². The number of nitrogens with zero attached hydrogens (tertiary/aromatic N) is 4. The van der Waals surface area contributed by atoms with Gasteiger partial charge in [-0.15, -0.1) is 0 Å². The number of benzene rings is 1. The van der Waals surface area contributed by atoms with Crippen LogP contribution in [0.3, 0.4) is 0 Å². The smallest absolute Gasteiger partial charge is 0.433 e. The van der Waals surface area contributed by atoms with Gasteiger partial charge in [-0.05, 0) is 43.4 Å². The molecule has 0 spiro atoms. The number of ketones is 1. The standard InChI is InChI=1S/C26H21Cl2F5N4O4/c27-18-10-34-11-19(28)21(18)20(38)13-36(12-14-1-3-15(29)4-2-14)23(39)17-9-35-37(22(17)26(31,32)33)16-5-7-25(30,8-6-16)24(40)41/h1-4,9-11,16H,5-8,12-13H2,(H,40,41)/t16-,25+. The summed E-state index contributed by atoms with van der Waals surface area (Å²) in [5, 5.41) is 12.6. The summed E-state index contributed by atoms with van der Waals surface area (Å²) < 4.78 is 71.6. The Morgan fingerprint density at radius 2 is 1.63 bits per heavy atom. The van der Waals surface area contributed by atoms with E-state index in [0.29, 0.717) is 16.4 Å². The third-order valence-electron chi connectivity index (χ3n) is 6.81. The second-order valence-corrected chi connectivity index (χ2v) is 10.4. The Kier molecular flexibility index (Phi) is 8.69. The molecule has 0 aliphatic heterocycles. The van der Waals surface area contributed by atoms with Gasteiger partial charge in [0, 0.05) is 18.9 Å². The first kappa shape index (κ1) is 30.4. The maximum absolute atomic E-state index is 14.5. The molecule has 1 saturated carbocycles. The summed E-state index contributed by atoms with van der Waals surface area (Å²) in [5.41, 5.74) is -4.76. The van der Waals surface area contributed by atoms with Crippen molar-refractivity contribution in [3.05, 3.63) is 81.1 Å². The van der Waals surface area contributed by atoms with E-state index in [1.165, 1.54) is 12.1 Å². The molecule has 1 amide bonds. The molecule has 3 aromatic rings. The number of carboxylic acid groups (broad SMARTS) is 1. The van der Waals surface area contributed by atoms with Gasteiger partial charge in [0.2, 0.25) is 5.67 Å². The van der Waals surface area contributed by atoms with E-state index in [1.807, 2.05) is 0 Å². The lowest BCUT2D eigenvalue weighted by molar-refractivity contribution is -0.155. The predicted octanol–water partition coefficient (Wildman–Crippen LogP) is 6.18. The van der Waals surface area contributed by atoms with Gasteiger partial charge < -0.3 is 10.0 Å². The van der Waals surface area contributed by atoms with Gasteiger partial charge in [0.25, 0.3) is 5.91 Å². The molecule has 1 fully saturated rings. The van der Waals surface area contributed by atoms with Crippen molar-refractivity contribution in [1.29, 1.82) is 0 Å². The second kappa shape index (κ2) is 11.7. The number of Topliss-reactive ketones (excluding diaryl/α,β-unsaturated/α-hetero) is 1. The number of hydrogen-bond donors (Lipinski definition) is 1. The number of halogens is 7. The van der Waals surface area contributed by atoms with Crippen LogP contribution >= 0.6 is 23.2 Å². The Hall–Kier alpha value is -3.58. The highest BCUT2D eigenvalue weighted by Gasteiger charge is 2.47. The molecule has 1 aliphatic carbocycles. The number of hydrogen-bond acceptors (Lipinski definition) is 5. The van der Waals surface area contributed by atoms with Crippen LogP contribution in [0.25, 0.3) is 0 Å². The summed E-state index contributed by atoms with van der Waals surface area (Å²) >= 11 is 12.1. The molecule has 8 nitrogen and oxygen atoms in total. The van der Waals surface area contributed by atoms with Crippen LogP contribution in [0.1, 0.15) is 63.7 Å². The third kappa shape index (κ3) is 6.51. The van der Waals surface area contributed by atoms with Gasteiger partial charge in [-0.3, -0.25) is 19.3 Å². The number of pyridine rings is 1. The molecule has 1 aromatic carbocycles. The molecule has 0 saturated heterocycles. The van der Waals surface area contributed by atoms with Gasteiger partial charge in [0.05, 0.1) is 40.0 Å². The molecule has 41 heavy (non-hydrogen) atoms. The van der Waals surface area contributed by atoms with E-state index < -0.39 is 72.0 Å². The Balaban J connectivity index is 1.71. The summed E-state index contributed by atoms with van der Waals surface area (Å²) in [6, 6.07) is 3.74. The van der Waals surface area contributed by atoms with E-state index in [-0.39, 0.29) is 35.0 Å². The van der Waals surface area contributed by atoms with Crippen LogP contribution in [-0.4, -0.2) is 54.6 Å². The van der Waals surface area contributed by atoms with Gasteiger partial charge in [0.15, 0.2) is 11.5 Å². The molecular formula is C26H21Cl2F5N4O4. The van der Waals surface area contributed by atoms with Crippen LogP contribution < -0.4 is 0 Å². The first-order valence-corrected chi connectivity index (χ1v) is 12.9. The first-order chi connectivity index (χ1) is 19.2. The summed E-state index contributed by atoms with van der Waals surface area (Å²) in [6.07, 6.45) is -3.72. The number of amides is 1. The van der Waals surface area contributed by atoms with Gasteiger partial charge >= 0.3 is 12.1 Å². The molecule has 2 heterocycles. The molecule has 2 aromatic heterocycles. The summed E-state index contributed by atoms with van der Waals surface area (Å²) in [4.78, 5) is 42.6. The number of alkyl halides is 4. The number of carbonyl (C=O) groups is 3. The van der Waals surface area contributed by atoms with Crippen molar-refractivity contribution in [3.8, 4) is 0 Å². The lowest BCUT2D eigenvalue weighted by Gasteiger charge is -2.32. The summed E-state index contributed by atoms with van der Waals surface area (Å²) in [6.45, 7) is -1.14. The van der Waals surface area contributed by atoms with Gasteiger partial charge in [-0.25, -0.2) is 13.6 Å². The second-order valence-electron chi connectivity index (χ2n) is 9.54. The molecule has 15 heteroatoms. The van der Waals surface area contributed by atoms with Crippen LogP contribution in [0.2, 0.25) is 10.0 Å². The highest BCUT2D eigenvalue weighted by molar-refractivity contribution is 6.39. The van der Waals surface area contributed by atoms with E-state index in [0.717, 1.165) is 29.4 Å². The van der Waals surface area contributed by atoms with E-state index in [4.69, 9.17) is 28.3 Å².